The molecule has 0 fully saturated rings. The van der Waals surface area contributed by atoms with Gasteiger partial charge in [0, 0.05) is 0 Å². The van der Waals surface area contributed by atoms with E-state index in [9.17, 15) is 0 Å². The number of rotatable bonds is 6. The molecular formula is C17H32Si. The van der Waals surface area contributed by atoms with Crippen LogP contribution in [0.2, 0.25) is 16.6 Å². The summed E-state index contributed by atoms with van der Waals surface area (Å²) < 4.78 is 0. The Hall–Kier alpha value is -0.483. The van der Waals surface area contributed by atoms with Crippen LogP contribution in [0.1, 0.15) is 67.7 Å². The van der Waals surface area contributed by atoms with Gasteiger partial charge < -0.3 is 0 Å². The van der Waals surface area contributed by atoms with E-state index in [2.05, 4.69) is 72.1 Å². The van der Waals surface area contributed by atoms with E-state index in [0.717, 1.165) is 16.6 Å². The third-order valence-corrected chi connectivity index (χ3v) is 10.4. The predicted octanol–water partition coefficient (Wildman–Crippen LogP) is 5.95. The molecule has 0 nitrogen and oxygen atoms in total. The van der Waals surface area contributed by atoms with Crippen LogP contribution in [0.25, 0.3) is 0 Å². The Balaban J connectivity index is 4.91. The molecule has 0 N–H and O–H groups in total. The van der Waals surface area contributed by atoms with E-state index in [-0.39, 0.29) is 0 Å². The molecule has 0 heterocycles. The van der Waals surface area contributed by atoms with Crippen LogP contribution in [0.5, 0.6) is 0 Å². The van der Waals surface area contributed by atoms with Crippen molar-refractivity contribution in [3.8, 4) is 11.5 Å². The maximum absolute atomic E-state index is 3.71. The fourth-order valence-corrected chi connectivity index (χ4v) is 8.26. The summed E-state index contributed by atoms with van der Waals surface area (Å²) in [5.41, 5.74) is 5.90. The van der Waals surface area contributed by atoms with Crippen molar-refractivity contribution >= 4 is 8.07 Å². The Bertz CT molecular complexity index is 278. The van der Waals surface area contributed by atoms with Crippen LogP contribution < -0.4 is 0 Å². The molecule has 0 aliphatic rings. The molecule has 0 aliphatic carbocycles. The van der Waals surface area contributed by atoms with Crippen molar-refractivity contribution in [2.75, 3.05) is 0 Å². The van der Waals surface area contributed by atoms with Crippen molar-refractivity contribution in [1.29, 1.82) is 0 Å². The molecule has 0 aromatic carbocycles. The van der Waals surface area contributed by atoms with Crippen LogP contribution in [0.3, 0.4) is 0 Å². The Morgan fingerprint density at radius 2 is 1.44 bits per heavy atom. The monoisotopic (exact) mass is 264 g/mol. The minimum atomic E-state index is -1.51. The summed E-state index contributed by atoms with van der Waals surface area (Å²) in [7, 11) is -1.51. The third kappa shape index (κ3) is 4.65. The summed E-state index contributed by atoms with van der Waals surface area (Å²) in [5.74, 6) is 3.36. The molecule has 18 heavy (non-hydrogen) atoms. The number of unbranched alkanes of at least 4 members (excludes halogenated alkanes) is 2. The molecule has 0 saturated carbocycles. The van der Waals surface area contributed by atoms with Gasteiger partial charge >= 0.3 is 0 Å². The number of allylic oxidation sites excluding steroid dienone is 2. The molecule has 0 spiro atoms. The van der Waals surface area contributed by atoms with Gasteiger partial charge in [-0.2, -0.15) is 0 Å². The van der Waals surface area contributed by atoms with E-state index >= 15 is 0 Å². The van der Waals surface area contributed by atoms with Crippen LogP contribution in [-0.2, 0) is 0 Å². The Kier molecular flexibility index (Phi) is 8.36. The van der Waals surface area contributed by atoms with E-state index in [1.54, 1.807) is 0 Å². The van der Waals surface area contributed by atoms with Gasteiger partial charge in [-0.1, -0.05) is 73.3 Å². The highest BCUT2D eigenvalue weighted by atomic mass is 28.3. The van der Waals surface area contributed by atoms with Crippen LogP contribution >= 0.6 is 0 Å². The normalized spacial score (nSPS) is 12.6. The average molecular weight is 265 g/mol. The molecule has 0 radical (unpaired) electrons. The van der Waals surface area contributed by atoms with E-state index in [1.165, 1.54) is 19.3 Å². The summed E-state index contributed by atoms with van der Waals surface area (Å²) in [4.78, 5) is 0. The lowest BCUT2D eigenvalue weighted by Crippen LogP contribution is -2.43. The van der Waals surface area contributed by atoms with Gasteiger partial charge in [-0.05, 0) is 29.1 Å². The minimum Gasteiger partial charge on any atom is -0.126 e. The van der Waals surface area contributed by atoms with E-state index < -0.39 is 8.07 Å². The first kappa shape index (κ1) is 17.5. The quantitative estimate of drug-likeness (QED) is 0.316. The maximum atomic E-state index is 3.71. The minimum absolute atomic E-state index is 0.731. The van der Waals surface area contributed by atoms with Crippen LogP contribution in [0, 0.1) is 11.5 Å². The number of hydrogen-bond donors (Lipinski definition) is 0. The molecule has 0 saturated heterocycles. The lowest BCUT2D eigenvalue weighted by Gasteiger charge is -2.37. The third-order valence-electron chi connectivity index (χ3n) is 4.08. The number of hydrogen-bond acceptors (Lipinski definition) is 0. The first-order chi connectivity index (χ1) is 8.39. The summed E-state index contributed by atoms with van der Waals surface area (Å²) in [6.45, 7) is 16.4. The van der Waals surface area contributed by atoms with Gasteiger partial charge in [0.05, 0.1) is 0 Å². The zero-order valence-electron chi connectivity index (χ0n) is 13.5. The van der Waals surface area contributed by atoms with Crippen LogP contribution in [0.15, 0.2) is 12.2 Å². The first-order valence-corrected chi connectivity index (χ1v) is 9.80. The van der Waals surface area contributed by atoms with Gasteiger partial charge in [0.2, 0.25) is 0 Å². The fourth-order valence-electron chi connectivity index (χ4n) is 3.06. The SMILES string of the molecule is CCCC/C=C/C#C[Si](C(C)C)(C(C)C)C(C)C. The van der Waals surface area contributed by atoms with Crippen molar-refractivity contribution in [1.82, 2.24) is 0 Å². The lowest BCUT2D eigenvalue weighted by molar-refractivity contribution is 0.815. The molecule has 0 aliphatic heterocycles. The highest BCUT2D eigenvalue weighted by Crippen LogP contribution is 2.40. The summed E-state index contributed by atoms with van der Waals surface area (Å²) >= 11 is 0. The maximum Gasteiger partial charge on any atom is 0.146 e. The van der Waals surface area contributed by atoms with Crippen molar-refractivity contribution in [2.45, 2.75) is 84.4 Å². The second-order valence-electron chi connectivity index (χ2n) is 6.21. The van der Waals surface area contributed by atoms with Gasteiger partial charge in [-0.3, -0.25) is 0 Å². The average Bonchev–Trinajstić information content (AvgIpc) is 2.26. The predicted molar refractivity (Wildman–Crippen MR) is 87.5 cm³/mol. The van der Waals surface area contributed by atoms with Crippen molar-refractivity contribution in [2.24, 2.45) is 0 Å². The second kappa shape index (κ2) is 8.59. The topological polar surface area (TPSA) is 0 Å². The molecule has 0 unspecified atom stereocenters. The van der Waals surface area contributed by atoms with Crippen molar-refractivity contribution in [3.63, 3.8) is 0 Å². The zero-order chi connectivity index (χ0) is 14.2. The van der Waals surface area contributed by atoms with Crippen molar-refractivity contribution in [3.05, 3.63) is 12.2 Å². The molecule has 0 aromatic heterocycles. The summed E-state index contributed by atoms with van der Waals surface area (Å²) in [5, 5.41) is 0. The molecule has 1 heteroatoms. The second-order valence-corrected chi connectivity index (χ2v) is 11.8. The summed E-state index contributed by atoms with van der Waals surface area (Å²) in [6, 6.07) is 0. The van der Waals surface area contributed by atoms with Crippen molar-refractivity contribution < 1.29 is 0 Å². The first-order valence-electron chi connectivity index (χ1n) is 7.57. The smallest absolute Gasteiger partial charge is 0.126 e. The van der Waals surface area contributed by atoms with Gasteiger partial charge in [0.15, 0.2) is 0 Å². The van der Waals surface area contributed by atoms with E-state index in [0.29, 0.717) is 0 Å². The molecule has 0 amide bonds. The van der Waals surface area contributed by atoms with E-state index in [1.807, 2.05) is 0 Å². The Morgan fingerprint density at radius 3 is 1.83 bits per heavy atom. The highest BCUT2D eigenvalue weighted by molar-refractivity contribution is 6.90. The summed E-state index contributed by atoms with van der Waals surface area (Å²) in [6.07, 6.45) is 8.03. The molecule has 0 aromatic rings. The fraction of sp³-hybridized carbons (Fsp3) is 0.765. The molecule has 0 rings (SSSR count). The van der Waals surface area contributed by atoms with Gasteiger partial charge in [-0.15, -0.1) is 5.54 Å². The molecule has 0 atom stereocenters. The van der Waals surface area contributed by atoms with Crippen LogP contribution in [0.4, 0.5) is 0 Å². The van der Waals surface area contributed by atoms with E-state index in [4.69, 9.17) is 0 Å². The Morgan fingerprint density at radius 1 is 0.944 bits per heavy atom. The molecule has 104 valence electrons. The Labute approximate surface area is 116 Å². The zero-order valence-corrected chi connectivity index (χ0v) is 14.5. The van der Waals surface area contributed by atoms with Gasteiger partial charge in [0.1, 0.15) is 8.07 Å². The highest BCUT2D eigenvalue weighted by Gasteiger charge is 2.41. The molecular weight excluding hydrogens is 232 g/mol. The van der Waals surface area contributed by atoms with Gasteiger partial charge in [-0.25, -0.2) is 0 Å². The lowest BCUT2D eigenvalue weighted by atomic mass is 10.2. The standard InChI is InChI=1S/C17H32Si/c1-8-9-10-11-12-13-14-18(15(2)3,16(4)5)17(6)7/h11-12,15-17H,8-10H2,1-7H3/b12-11+. The van der Waals surface area contributed by atoms with Gasteiger partial charge in [0.25, 0.3) is 0 Å². The molecule has 0 bridgehead atoms. The largest absolute Gasteiger partial charge is 0.146 e. The van der Waals surface area contributed by atoms with Crippen LogP contribution in [-0.4, -0.2) is 8.07 Å².